The largest absolute Gasteiger partial charge is 0.477 e. The van der Waals surface area contributed by atoms with E-state index < -0.39 is 28.9 Å². The van der Waals surface area contributed by atoms with Crippen LogP contribution in [-0.4, -0.2) is 55.9 Å². The molecule has 0 radical (unpaired) electrons. The van der Waals surface area contributed by atoms with Gasteiger partial charge in [0.1, 0.15) is 11.4 Å². The second kappa shape index (κ2) is 7.55. The molecule has 11 heteroatoms. The first-order valence-electron chi connectivity index (χ1n) is 6.10. The number of halogens is 2. The van der Waals surface area contributed by atoms with Crippen LogP contribution in [0, 0.1) is 5.82 Å². The van der Waals surface area contributed by atoms with E-state index in [1.807, 2.05) is 0 Å². The first-order chi connectivity index (χ1) is 9.88. The van der Waals surface area contributed by atoms with Gasteiger partial charge in [-0.15, -0.1) is 0 Å². The van der Waals surface area contributed by atoms with Crippen molar-refractivity contribution in [3.8, 4) is 0 Å². The maximum absolute atomic E-state index is 14.1. The molecule has 1 fully saturated rings. The molecule has 8 N–H and O–H groups in total. The van der Waals surface area contributed by atoms with Gasteiger partial charge in [-0.05, 0) is 12.1 Å². The lowest BCUT2D eigenvalue weighted by molar-refractivity contribution is 0.0695. The Morgan fingerprint density at radius 3 is 2.33 bits per heavy atom. The highest BCUT2D eigenvalue weighted by molar-refractivity contribution is 6.19. The Bertz CT molecular complexity index is 820. The van der Waals surface area contributed by atoms with Crippen molar-refractivity contribution in [2.45, 2.75) is 6.10 Å². The number of carboxylic acids is 1. The van der Waals surface area contributed by atoms with E-state index in [0.29, 0.717) is 13.1 Å². The molecule has 1 aliphatic rings. The SMILES string of the molecule is O.O.O.O=C(O)c1cn(Cl)c2cc(N3CC(O)C3)c(F)cc2c1=O. The van der Waals surface area contributed by atoms with Crippen molar-refractivity contribution in [3.63, 3.8) is 0 Å². The van der Waals surface area contributed by atoms with Crippen LogP contribution < -0.4 is 10.3 Å². The van der Waals surface area contributed by atoms with Crippen LogP contribution in [0.3, 0.4) is 0 Å². The summed E-state index contributed by atoms with van der Waals surface area (Å²) in [7, 11) is 0. The van der Waals surface area contributed by atoms with Crippen LogP contribution in [0.1, 0.15) is 10.4 Å². The summed E-state index contributed by atoms with van der Waals surface area (Å²) in [6.45, 7) is 0.588. The van der Waals surface area contributed by atoms with Crippen molar-refractivity contribution >= 4 is 34.3 Å². The van der Waals surface area contributed by atoms with Crippen molar-refractivity contribution in [2.75, 3.05) is 18.0 Å². The third-order valence-electron chi connectivity index (χ3n) is 3.46. The number of nitrogens with zero attached hydrogens (tertiary/aromatic N) is 2. The van der Waals surface area contributed by atoms with E-state index in [9.17, 15) is 19.1 Å². The van der Waals surface area contributed by atoms with Crippen molar-refractivity contribution < 1.29 is 35.8 Å². The van der Waals surface area contributed by atoms with Crippen molar-refractivity contribution in [1.29, 1.82) is 0 Å². The van der Waals surface area contributed by atoms with E-state index in [0.717, 1.165) is 16.3 Å². The molecule has 3 rings (SSSR count). The fraction of sp³-hybridized carbons (Fsp3) is 0.231. The molecule has 0 aliphatic carbocycles. The van der Waals surface area contributed by atoms with Crippen LogP contribution in [0.25, 0.3) is 10.9 Å². The minimum atomic E-state index is -1.42. The number of aliphatic hydroxyl groups is 1. The van der Waals surface area contributed by atoms with Crippen molar-refractivity contribution in [1.82, 2.24) is 4.09 Å². The zero-order valence-electron chi connectivity index (χ0n) is 12.1. The highest BCUT2D eigenvalue weighted by atomic mass is 35.5. The molecule has 0 spiro atoms. The third-order valence-corrected chi connectivity index (χ3v) is 3.74. The van der Waals surface area contributed by atoms with Gasteiger partial charge in [0.15, 0.2) is 0 Å². The molecule has 2 aromatic rings. The van der Waals surface area contributed by atoms with Crippen LogP contribution in [-0.2, 0) is 0 Å². The van der Waals surface area contributed by atoms with Crippen LogP contribution >= 0.6 is 11.8 Å². The first kappa shape index (κ1) is 21.8. The third kappa shape index (κ3) is 3.32. The molecule has 134 valence electrons. The molecular weight excluding hydrogens is 351 g/mol. The highest BCUT2D eigenvalue weighted by Gasteiger charge is 2.27. The molecule has 1 saturated heterocycles. The summed E-state index contributed by atoms with van der Waals surface area (Å²) >= 11 is 5.92. The molecule has 0 atom stereocenters. The summed E-state index contributed by atoms with van der Waals surface area (Å²) in [5, 5.41) is 18.1. The Hall–Kier alpha value is -2.24. The van der Waals surface area contributed by atoms with Gasteiger partial charge in [0.2, 0.25) is 5.43 Å². The molecular formula is C13H16ClFN2O7. The molecule has 1 aromatic heterocycles. The summed E-state index contributed by atoms with van der Waals surface area (Å²) < 4.78 is 15.1. The van der Waals surface area contributed by atoms with E-state index in [1.54, 1.807) is 4.90 Å². The van der Waals surface area contributed by atoms with Crippen molar-refractivity contribution in [3.05, 3.63) is 39.9 Å². The number of carboxylic acid groups (broad SMARTS) is 1. The van der Waals surface area contributed by atoms with Crippen molar-refractivity contribution in [2.24, 2.45) is 0 Å². The standard InChI is InChI=1S/C13H10ClFN2O4.3H2O/c14-17-5-8(13(20)21)12(19)7-1-9(15)11(2-10(7)17)16-3-6(18)4-16;;;/h1-2,5-6,18H,3-4H2,(H,20,21);3*1H2. The Labute approximate surface area is 139 Å². The van der Waals surface area contributed by atoms with Gasteiger partial charge < -0.3 is 31.5 Å². The number of β-amino-alcohol motifs (C(OH)–C–C–N with tert-alkyl or cyclic N) is 1. The monoisotopic (exact) mass is 366 g/mol. The Kier molecular flexibility index (Phi) is 6.85. The van der Waals surface area contributed by atoms with Gasteiger partial charge in [-0.3, -0.25) is 8.88 Å². The number of benzene rings is 1. The fourth-order valence-corrected chi connectivity index (χ4v) is 2.58. The normalized spacial score (nSPS) is 13.4. The molecule has 24 heavy (non-hydrogen) atoms. The van der Waals surface area contributed by atoms with Crippen LogP contribution in [0.5, 0.6) is 0 Å². The van der Waals surface area contributed by atoms with Crippen LogP contribution in [0.15, 0.2) is 23.1 Å². The number of fused-ring (bicyclic) bond motifs is 1. The molecule has 0 saturated carbocycles. The van der Waals surface area contributed by atoms with Crippen LogP contribution in [0.2, 0.25) is 0 Å². The van der Waals surface area contributed by atoms with E-state index in [-0.39, 0.29) is 33.0 Å². The van der Waals surface area contributed by atoms with Gasteiger partial charge in [0.05, 0.1) is 22.7 Å². The Morgan fingerprint density at radius 1 is 1.25 bits per heavy atom. The quantitative estimate of drug-likeness (QED) is 0.658. The predicted molar refractivity (Wildman–Crippen MR) is 85.4 cm³/mol. The number of anilines is 1. The number of aromatic carboxylic acids is 1. The lowest BCUT2D eigenvalue weighted by Crippen LogP contribution is -2.51. The molecule has 2 heterocycles. The highest BCUT2D eigenvalue weighted by Crippen LogP contribution is 2.28. The van der Waals surface area contributed by atoms with E-state index in [2.05, 4.69) is 0 Å². The molecule has 0 unspecified atom stereocenters. The summed E-state index contributed by atoms with van der Waals surface area (Å²) in [6.07, 6.45) is 0.481. The summed E-state index contributed by atoms with van der Waals surface area (Å²) in [5.41, 5.74) is -0.887. The number of carbonyl (C=O) groups is 1. The smallest absolute Gasteiger partial charge is 0.341 e. The zero-order valence-corrected chi connectivity index (χ0v) is 12.8. The summed E-state index contributed by atoms with van der Waals surface area (Å²) in [4.78, 5) is 24.6. The van der Waals surface area contributed by atoms with E-state index in [1.165, 1.54) is 6.07 Å². The average molecular weight is 367 g/mol. The Balaban J connectivity index is 0.00000176. The Morgan fingerprint density at radius 2 is 1.83 bits per heavy atom. The van der Waals surface area contributed by atoms with Gasteiger partial charge >= 0.3 is 5.97 Å². The van der Waals surface area contributed by atoms with Gasteiger partial charge in [0, 0.05) is 31.1 Å². The fourth-order valence-electron chi connectivity index (χ4n) is 2.34. The lowest BCUT2D eigenvalue weighted by atomic mass is 10.1. The van der Waals surface area contributed by atoms with E-state index in [4.69, 9.17) is 16.9 Å². The second-order valence-electron chi connectivity index (χ2n) is 4.87. The average Bonchev–Trinajstić information content (AvgIpc) is 2.39. The number of rotatable bonds is 2. The maximum atomic E-state index is 14.1. The van der Waals surface area contributed by atoms with Gasteiger partial charge in [0.25, 0.3) is 0 Å². The first-order valence-corrected chi connectivity index (χ1v) is 6.43. The number of hydrogen-bond acceptors (Lipinski definition) is 4. The molecule has 1 aliphatic heterocycles. The number of hydrogen-bond donors (Lipinski definition) is 2. The number of pyridine rings is 1. The lowest BCUT2D eigenvalue weighted by Gasteiger charge is -2.38. The molecule has 1 aromatic carbocycles. The van der Waals surface area contributed by atoms with Gasteiger partial charge in [-0.2, -0.15) is 0 Å². The number of aliphatic hydroxyl groups excluding tert-OH is 1. The zero-order chi connectivity index (χ0) is 15.3. The van der Waals surface area contributed by atoms with Gasteiger partial charge in [-0.25, -0.2) is 9.18 Å². The second-order valence-corrected chi connectivity index (χ2v) is 5.23. The van der Waals surface area contributed by atoms with Crippen LogP contribution in [0.4, 0.5) is 10.1 Å². The molecule has 0 amide bonds. The predicted octanol–water partition coefficient (Wildman–Crippen LogP) is -1.45. The maximum Gasteiger partial charge on any atom is 0.341 e. The molecule has 9 nitrogen and oxygen atoms in total. The van der Waals surface area contributed by atoms with E-state index >= 15 is 0 Å². The number of aromatic nitrogens is 1. The minimum absolute atomic E-state index is 0. The summed E-state index contributed by atoms with van der Waals surface area (Å²) in [5.74, 6) is -2.09. The topological polar surface area (TPSA) is 177 Å². The van der Waals surface area contributed by atoms with Gasteiger partial charge in [-0.1, -0.05) is 0 Å². The molecule has 0 bridgehead atoms. The summed E-state index contributed by atoms with van der Waals surface area (Å²) in [6, 6.07) is 2.35. The minimum Gasteiger partial charge on any atom is -0.477 e.